The number of nitrogens with zero attached hydrogens (tertiary/aromatic N) is 9. The van der Waals surface area contributed by atoms with Crippen LogP contribution < -0.4 is 0 Å². The molecule has 0 saturated heterocycles. The van der Waals surface area contributed by atoms with Crippen molar-refractivity contribution in [1.82, 2.24) is 44.9 Å². The van der Waals surface area contributed by atoms with Crippen LogP contribution in [0.15, 0.2) is 443 Å². The average molecular weight is 1580 g/mol. The molecule has 0 saturated carbocycles. The maximum Gasteiger partial charge on any atom is 0.160 e. The average Bonchev–Trinajstić information content (AvgIpc) is 0.744. The fourth-order valence-corrected chi connectivity index (χ4v) is 17.2. The standard InChI is InChI=1S/C45H27N3.2C35H23N3/c1-3-9-32(10-4-1)42-37-25-23-33-24-26-39(46-43(33)44(37)48-45(47-42)34-11-5-2-6-12-34)29-19-17-28(18-20-29)38-27-35-15-7-13-30-21-22-31-14-8-16-36(38)41(31)40(30)35;1-4-11-24(12-5-1)28-17-10-18-29(23-28)32-30-21-19-26-20-22-31(25-13-6-2-7-14-25)36-33(26)34(30)38-35(37-32)27-15-8-3-9-16-27;1-4-10-24(11-5-1)25-16-18-27(19-17-25)32-30-22-20-28-21-23-31(26-12-6-2-7-13-26)36-33(28)34(30)38-35(37-32)29-14-8-3-9-15-29/h1-27H;2*1-23H. The van der Waals surface area contributed by atoms with Crippen molar-refractivity contribution < 1.29 is 0 Å². The van der Waals surface area contributed by atoms with Gasteiger partial charge in [-0.1, -0.05) is 394 Å². The van der Waals surface area contributed by atoms with Crippen molar-refractivity contribution in [1.29, 1.82) is 0 Å². The molecule has 124 heavy (non-hydrogen) atoms. The Hall–Kier alpha value is -16.8. The summed E-state index contributed by atoms with van der Waals surface area (Å²) >= 11 is 0. The molecule has 0 unspecified atom stereocenters. The zero-order chi connectivity index (χ0) is 82.2. The fraction of sp³-hybridized carbons (Fsp3) is 0. The number of benzene rings is 18. The molecule has 0 aliphatic rings. The molecule has 0 bridgehead atoms. The van der Waals surface area contributed by atoms with Gasteiger partial charge in [-0.05, 0) is 114 Å². The maximum absolute atomic E-state index is 5.27. The van der Waals surface area contributed by atoms with Crippen molar-refractivity contribution in [3.63, 3.8) is 0 Å². The molecule has 0 aliphatic carbocycles. The number of hydrogen-bond acceptors (Lipinski definition) is 9. The topological polar surface area (TPSA) is 116 Å². The molecular weight excluding hydrogens is 1510 g/mol. The van der Waals surface area contributed by atoms with Crippen LogP contribution in [0.5, 0.6) is 0 Å². The fourth-order valence-electron chi connectivity index (χ4n) is 17.2. The van der Waals surface area contributed by atoms with E-state index in [0.717, 1.165) is 155 Å². The molecule has 0 amide bonds. The van der Waals surface area contributed by atoms with Gasteiger partial charge in [-0.2, -0.15) is 0 Å². The summed E-state index contributed by atoms with van der Waals surface area (Å²) in [6.45, 7) is 0. The van der Waals surface area contributed by atoms with Crippen LogP contribution in [0.2, 0.25) is 0 Å². The molecule has 0 atom stereocenters. The lowest BCUT2D eigenvalue weighted by molar-refractivity contribution is 1.23. The molecule has 9 nitrogen and oxygen atoms in total. The van der Waals surface area contributed by atoms with Crippen LogP contribution in [0.1, 0.15) is 0 Å². The number of rotatable bonds is 12. The van der Waals surface area contributed by atoms with Gasteiger partial charge in [-0.15, -0.1) is 0 Å². The second-order valence-electron chi connectivity index (χ2n) is 31.0. The summed E-state index contributed by atoms with van der Waals surface area (Å²) in [7, 11) is 0. The van der Waals surface area contributed by atoms with Crippen molar-refractivity contribution >= 4 is 97.7 Å². The van der Waals surface area contributed by atoms with Crippen molar-refractivity contribution in [2.75, 3.05) is 0 Å². The van der Waals surface area contributed by atoms with Gasteiger partial charge >= 0.3 is 0 Å². The van der Waals surface area contributed by atoms with Crippen LogP contribution >= 0.6 is 0 Å². The van der Waals surface area contributed by atoms with Crippen LogP contribution in [0.25, 0.3) is 233 Å². The Morgan fingerprint density at radius 3 is 0.847 bits per heavy atom. The zero-order valence-electron chi connectivity index (χ0n) is 67.2. The normalized spacial score (nSPS) is 11.4. The van der Waals surface area contributed by atoms with Crippen LogP contribution in [-0.2, 0) is 0 Å². The first kappa shape index (κ1) is 73.6. The highest BCUT2D eigenvalue weighted by Crippen LogP contribution is 2.44. The van der Waals surface area contributed by atoms with Gasteiger partial charge in [0.05, 0.1) is 50.7 Å². The minimum absolute atomic E-state index is 0.692. The first-order chi connectivity index (χ1) is 61.4. The Morgan fingerprint density at radius 2 is 0.411 bits per heavy atom. The van der Waals surface area contributed by atoms with Gasteiger partial charge in [0.2, 0.25) is 0 Å². The monoisotopic (exact) mass is 1580 g/mol. The second kappa shape index (κ2) is 32.2. The van der Waals surface area contributed by atoms with Gasteiger partial charge in [0.15, 0.2) is 17.5 Å². The van der Waals surface area contributed by atoms with E-state index in [9.17, 15) is 0 Å². The molecule has 0 N–H and O–H groups in total. The molecule has 0 radical (unpaired) electrons. The van der Waals surface area contributed by atoms with E-state index in [2.05, 4.69) is 334 Å². The third-order valence-electron chi connectivity index (χ3n) is 23.4. The van der Waals surface area contributed by atoms with Crippen LogP contribution in [0.3, 0.4) is 0 Å². The minimum atomic E-state index is 0.692. The predicted octanol–water partition coefficient (Wildman–Crippen LogP) is 29.4. The zero-order valence-corrected chi connectivity index (χ0v) is 67.2. The van der Waals surface area contributed by atoms with E-state index in [-0.39, 0.29) is 0 Å². The summed E-state index contributed by atoms with van der Waals surface area (Å²) in [5, 5.41) is 13.9. The quantitative estimate of drug-likeness (QED) is 0.110. The Bertz CT molecular complexity index is 8090. The summed E-state index contributed by atoms with van der Waals surface area (Å²) in [4.78, 5) is 46.1. The molecule has 18 aromatic carbocycles. The van der Waals surface area contributed by atoms with E-state index in [0.29, 0.717) is 17.5 Å². The Labute approximate surface area is 715 Å². The molecule has 0 fully saturated rings. The van der Waals surface area contributed by atoms with E-state index in [1.54, 1.807) is 0 Å². The summed E-state index contributed by atoms with van der Waals surface area (Å²) in [5.74, 6) is 2.08. The van der Waals surface area contributed by atoms with Crippen molar-refractivity contribution in [3.05, 3.63) is 443 Å². The Kier molecular flexibility index (Phi) is 19.1. The SMILES string of the molecule is c1ccc(-c2ccc(-c3nc(-c4ccccc4)nc4c3ccc3ccc(-c5ccccc5)nc34)cc2)cc1.c1ccc(-c2cccc(-c3nc(-c4ccccc4)nc4c3ccc3ccc(-c5ccccc5)nc34)c2)cc1.c1ccc(-c2nc(-c3ccccc3)c3ccc4ccc(-c5ccc(-c6cc7cccc8ccc9cccc6c9c87)cc5)nc4c3n2)cc1. The van der Waals surface area contributed by atoms with E-state index < -0.39 is 0 Å². The third kappa shape index (κ3) is 14.2. The number of fused-ring (bicyclic) bond motifs is 9. The highest BCUT2D eigenvalue weighted by Gasteiger charge is 2.22. The minimum Gasteiger partial charge on any atom is -0.245 e. The molecular formula is C115H73N9. The van der Waals surface area contributed by atoms with Crippen molar-refractivity contribution in [2.24, 2.45) is 0 Å². The second-order valence-corrected chi connectivity index (χ2v) is 31.0. The Balaban J connectivity index is 0.000000112. The first-order valence-corrected chi connectivity index (χ1v) is 41.7. The molecule has 578 valence electrons. The lowest BCUT2D eigenvalue weighted by Crippen LogP contribution is -1.97. The van der Waals surface area contributed by atoms with Gasteiger partial charge in [0, 0.05) is 82.4 Å². The largest absolute Gasteiger partial charge is 0.245 e. The van der Waals surface area contributed by atoms with E-state index >= 15 is 0 Å². The van der Waals surface area contributed by atoms with E-state index in [1.165, 1.54) is 60.1 Å². The van der Waals surface area contributed by atoms with Gasteiger partial charge in [-0.3, -0.25) is 0 Å². The number of pyridine rings is 3. The lowest BCUT2D eigenvalue weighted by Gasteiger charge is -2.15. The highest BCUT2D eigenvalue weighted by molar-refractivity contribution is 6.26. The first-order valence-electron chi connectivity index (χ1n) is 41.7. The van der Waals surface area contributed by atoms with Crippen LogP contribution in [0, 0.1) is 0 Å². The lowest BCUT2D eigenvalue weighted by atomic mass is 9.89. The van der Waals surface area contributed by atoms with Gasteiger partial charge in [0.1, 0.15) is 16.6 Å². The summed E-state index contributed by atoms with van der Waals surface area (Å²) < 4.78 is 0. The molecule has 6 aromatic heterocycles. The van der Waals surface area contributed by atoms with E-state index in [4.69, 9.17) is 44.9 Å². The molecule has 0 aliphatic heterocycles. The van der Waals surface area contributed by atoms with Crippen molar-refractivity contribution in [3.8, 4) is 135 Å². The summed E-state index contributed by atoms with van der Waals surface area (Å²) in [6, 6.07) is 154. The highest BCUT2D eigenvalue weighted by atomic mass is 14.9. The summed E-state index contributed by atoms with van der Waals surface area (Å²) in [5.41, 5.74) is 27.1. The molecule has 9 heteroatoms. The Morgan fingerprint density at radius 1 is 0.129 bits per heavy atom. The predicted molar refractivity (Wildman–Crippen MR) is 513 cm³/mol. The number of aromatic nitrogens is 9. The van der Waals surface area contributed by atoms with Crippen molar-refractivity contribution in [2.45, 2.75) is 0 Å². The van der Waals surface area contributed by atoms with Gasteiger partial charge in [-0.25, -0.2) is 44.9 Å². The van der Waals surface area contributed by atoms with Crippen LogP contribution in [0.4, 0.5) is 0 Å². The number of hydrogen-bond donors (Lipinski definition) is 0. The van der Waals surface area contributed by atoms with Gasteiger partial charge in [0.25, 0.3) is 0 Å². The van der Waals surface area contributed by atoms with E-state index in [1.807, 2.05) is 109 Å². The van der Waals surface area contributed by atoms with Crippen LogP contribution in [-0.4, -0.2) is 44.9 Å². The maximum atomic E-state index is 5.27. The molecule has 24 rings (SSSR count). The third-order valence-corrected chi connectivity index (χ3v) is 23.4. The van der Waals surface area contributed by atoms with Gasteiger partial charge < -0.3 is 0 Å². The molecule has 6 heterocycles. The molecule has 0 spiro atoms. The smallest absolute Gasteiger partial charge is 0.160 e. The molecule has 24 aromatic rings. The summed E-state index contributed by atoms with van der Waals surface area (Å²) in [6.07, 6.45) is 0.